The van der Waals surface area contributed by atoms with E-state index >= 15 is 0 Å². The molecule has 1 aliphatic heterocycles. The summed E-state index contributed by atoms with van der Waals surface area (Å²) in [4.78, 5) is 25.5. The van der Waals surface area contributed by atoms with Crippen LogP contribution in [0, 0.1) is 5.82 Å². The molecule has 0 radical (unpaired) electrons. The van der Waals surface area contributed by atoms with Crippen LogP contribution in [0.5, 0.6) is 0 Å². The van der Waals surface area contributed by atoms with E-state index in [9.17, 15) is 9.18 Å². The van der Waals surface area contributed by atoms with E-state index in [0.29, 0.717) is 17.9 Å². The number of carbonyl (C=O) groups is 1. The molecule has 0 N–H and O–H groups in total. The van der Waals surface area contributed by atoms with Gasteiger partial charge in [-0.2, -0.15) is 0 Å². The molecule has 1 atom stereocenters. The van der Waals surface area contributed by atoms with Gasteiger partial charge in [0, 0.05) is 24.8 Å². The summed E-state index contributed by atoms with van der Waals surface area (Å²) in [5.41, 5.74) is 1.29. The van der Waals surface area contributed by atoms with Gasteiger partial charge in [0.25, 0.3) is 5.91 Å². The minimum absolute atomic E-state index is 0.150. The van der Waals surface area contributed by atoms with Crippen LogP contribution in [0.4, 0.5) is 4.39 Å². The number of nitrogens with zero attached hydrogens (tertiary/aromatic N) is 4. The fourth-order valence-corrected chi connectivity index (χ4v) is 3.05. The van der Waals surface area contributed by atoms with Gasteiger partial charge < -0.3 is 9.80 Å². The highest BCUT2D eigenvalue weighted by molar-refractivity contribution is 5.94. The third kappa shape index (κ3) is 3.59. The van der Waals surface area contributed by atoms with Gasteiger partial charge in [-0.3, -0.25) is 4.79 Å². The second kappa shape index (κ2) is 7.05. The Kier molecular flexibility index (Phi) is 4.85. The molecule has 1 fully saturated rings. The first-order valence-electron chi connectivity index (χ1n) is 8.07. The molecule has 0 unspecified atom stereocenters. The van der Waals surface area contributed by atoms with Crippen LogP contribution in [-0.4, -0.2) is 46.3 Å². The number of rotatable bonds is 4. The van der Waals surface area contributed by atoms with Crippen LogP contribution in [0.15, 0.2) is 36.5 Å². The van der Waals surface area contributed by atoms with Crippen LogP contribution in [-0.2, 0) is 6.54 Å². The molecule has 0 bridgehead atoms. The maximum atomic E-state index is 13.4. The van der Waals surface area contributed by atoms with Crippen molar-refractivity contribution in [1.29, 1.82) is 0 Å². The minimum atomic E-state index is -0.402. The highest BCUT2D eigenvalue weighted by Gasteiger charge is 2.32. The van der Waals surface area contributed by atoms with Crippen molar-refractivity contribution >= 4 is 5.91 Å². The molecule has 5 nitrogen and oxygen atoms in total. The first-order valence-corrected chi connectivity index (χ1v) is 8.07. The zero-order chi connectivity index (χ0) is 17.1. The Bertz CT molecular complexity index is 734. The molecule has 0 saturated carbocycles. The fraction of sp³-hybridized carbons (Fsp3) is 0.389. The third-order valence-corrected chi connectivity index (χ3v) is 4.09. The van der Waals surface area contributed by atoms with Gasteiger partial charge in [-0.05, 0) is 51.2 Å². The van der Waals surface area contributed by atoms with Crippen LogP contribution in [0.2, 0.25) is 0 Å². The second-order valence-corrected chi connectivity index (χ2v) is 6.31. The minimum Gasteiger partial charge on any atom is -0.328 e. The van der Waals surface area contributed by atoms with Gasteiger partial charge in [0.15, 0.2) is 5.82 Å². The molecule has 24 heavy (non-hydrogen) atoms. The molecule has 1 aliphatic rings. The number of hydrogen-bond donors (Lipinski definition) is 0. The summed E-state index contributed by atoms with van der Waals surface area (Å²) in [5, 5.41) is 0. The van der Waals surface area contributed by atoms with Crippen LogP contribution >= 0.6 is 0 Å². The first-order chi connectivity index (χ1) is 11.5. The van der Waals surface area contributed by atoms with Crippen molar-refractivity contribution in [2.24, 2.45) is 0 Å². The number of benzene rings is 1. The normalized spacial score (nSPS) is 17.5. The van der Waals surface area contributed by atoms with E-state index in [1.54, 1.807) is 23.2 Å². The van der Waals surface area contributed by atoms with Gasteiger partial charge in [-0.15, -0.1) is 0 Å². The number of hydrogen-bond acceptors (Lipinski definition) is 4. The Balaban J connectivity index is 1.84. The Labute approximate surface area is 141 Å². The van der Waals surface area contributed by atoms with Crippen molar-refractivity contribution in [3.8, 4) is 0 Å². The number of aromatic nitrogens is 2. The van der Waals surface area contributed by atoms with Crippen LogP contribution in [0.25, 0.3) is 0 Å². The van der Waals surface area contributed by atoms with Crippen molar-refractivity contribution in [1.82, 2.24) is 19.8 Å². The quantitative estimate of drug-likeness (QED) is 0.866. The van der Waals surface area contributed by atoms with Crippen molar-refractivity contribution in [3.05, 3.63) is 59.4 Å². The largest absolute Gasteiger partial charge is 0.328 e. The summed E-state index contributed by atoms with van der Waals surface area (Å²) in [6.45, 7) is 1.36. The first kappa shape index (κ1) is 16.5. The highest BCUT2D eigenvalue weighted by atomic mass is 19.1. The van der Waals surface area contributed by atoms with E-state index in [2.05, 4.69) is 9.97 Å². The maximum absolute atomic E-state index is 13.4. The van der Waals surface area contributed by atoms with Crippen molar-refractivity contribution in [2.45, 2.75) is 25.4 Å². The molecule has 1 saturated heterocycles. The zero-order valence-electron chi connectivity index (χ0n) is 13.9. The number of amides is 1. The number of halogens is 1. The van der Waals surface area contributed by atoms with E-state index in [4.69, 9.17) is 0 Å². The van der Waals surface area contributed by atoms with Gasteiger partial charge in [-0.25, -0.2) is 14.4 Å². The van der Waals surface area contributed by atoms with Gasteiger partial charge >= 0.3 is 0 Å². The second-order valence-electron chi connectivity index (χ2n) is 6.31. The molecule has 1 aromatic carbocycles. The van der Waals surface area contributed by atoms with Gasteiger partial charge in [0.1, 0.15) is 5.82 Å². The molecule has 1 amide bonds. The topological polar surface area (TPSA) is 49.3 Å². The lowest BCUT2D eigenvalue weighted by atomic mass is 10.1. The highest BCUT2D eigenvalue weighted by Crippen LogP contribution is 2.31. The SMILES string of the molecule is CN(C)Cc1ccnc([C@@H]2CCCN2C(=O)c2cccc(F)c2)n1. The molecule has 0 aliphatic carbocycles. The Morgan fingerprint density at radius 1 is 1.38 bits per heavy atom. The number of likely N-dealkylation sites (tertiary alicyclic amines) is 1. The molecular formula is C18H21FN4O. The predicted octanol–water partition coefficient (Wildman–Crippen LogP) is 2.65. The summed E-state index contributed by atoms with van der Waals surface area (Å²) in [6, 6.07) is 7.55. The van der Waals surface area contributed by atoms with Crippen molar-refractivity contribution in [3.63, 3.8) is 0 Å². The molecule has 126 valence electrons. The predicted molar refractivity (Wildman–Crippen MR) is 88.8 cm³/mol. The van der Waals surface area contributed by atoms with E-state index in [0.717, 1.165) is 25.1 Å². The standard InChI is InChI=1S/C18H21FN4O/c1-22(2)12-15-8-9-20-17(21-15)16-7-4-10-23(16)18(24)13-5-3-6-14(19)11-13/h3,5-6,8-9,11,16H,4,7,10,12H2,1-2H3/t16-/m0/s1. The Morgan fingerprint density at radius 3 is 2.96 bits per heavy atom. The van der Waals surface area contributed by atoms with Crippen molar-refractivity contribution in [2.75, 3.05) is 20.6 Å². The lowest BCUT2D eigenvalue weighted by molar-refractivity contribution is 0.0729. The monoisotopic (exact) mass is 328 g/mol. The molecule has 1 aromatic heterocycles. The number of carbonyl (C=O) groups excluding carboxylic acids is 1. The summed E-state index contributed by atoms with van der Waals surface area (Å²) in [7, 11) is 3.97. The van der Waals surface area contributed by atoms with Gasteiger partial charge in [0.05, 0.1) is 11.7 Å². The molecule has 2 aromatic rings. The molecule has 2 heterocycles. The van der Waals surface area contributed by atoms with Crippen LogP contribution < -0.4 is 0 Å². The van der Waals surface area contributed by atoms with Crippen molar-refractivity contribution < 1.29 is 9.18 Å². The van der Waals surface area contributed by atoms with Gasteiger partial charge in [-0.1, -0.05) is 6.07 Å². The molecular weight excluding hydrogens is 307 g/mol. The fourth-order valence-electron chi connectivity index (χ4n) is 3.05. The van der Waals surface area contributed by atoms with E-state index in [1.807, 2.05) is 25.1 Å². The summed E-state index contributed by atoms with van der Waals surface area (Å²) < 4.78 is 13.4. The zero-order valence-corrected chi connectivity index (χ0v) is 13.9. The molecule has 3 rings (SSSR count). The summed E-state index contributed by atoms with van der Waals surface area (Å²) >= 11 is 0. The summed E-state index contributed by atoms with van der Waals surface area (Å²) in [6.07, 6.45) is 3.46. The smallest absolute Gasteiger partial charge is 0.254 e. The Morgan fingerprint density at radius 2 is 2.21 bits per heavy atom. The van der Waals surface area contributed by atoms with E-state index in [-0.39, 0.29) is 11.9 Å². The maximum Gasteiger partial charge on any atom is 0.254 e. The van der Waals surface area contributed by atoms with Crippen LogP contribution in [0.1, 0.15) is 40.8 Å². The van der Waals surface area contributed by atoms with E-state index < -0.39 is 5.82 Å². The Hall–Kier alpha value is -2.34. The average Bonchev–Trinajstić information content (AvgIpc) is 3.03. The lowest BCUT2D eigenvalue weighted by Crippen LogP contribution is -2.31. The van der Waals surface area contributed by atoms with E-state index in [1.165, 1.54) is 12.1 Å². The average molecular weight is 328 g/mol. The molecule has 6 heteroatoms. The lowest BCUT2D eigenvalue weighted by Gasteiger charge is -2.24. The van der Waals surface area contributed by atoms with Gasteiger partial charge in [0.2, 0.25) is 0 Å². The molecule has 0 spiro atoms. The van der Waals surface area contributed by atoms with Crippen LogP contribution in [0.3, 0.4) is 0 Å². The third-order valence-electron chi connectivity index (χ3n) is 4.09. The summed E-state index contributed by atoms with van der Waals surface area (Å²) in [5.74, 6) is 0.0936.